The van der Waals surface area contributed by atoms with Gasteiger partial charge in [-0.2, -0.15) is 0 Å². The molecule has 0 saturated carbocycles. The Morgan fingerprint density at radius 1 is 1.11 bits per heavy atom. The molecule has 2 heterocycles. The Morgan fingerprint density at radius 3 is 2.71 bits per heavy atom. The van der Waals surface area contributed by atoms with Crippen LogP contribution >= 0.6 is 0 Å². The number of amides is 2. The molecule has 0 bridgehead atoms. The number of hydrogen-bond donors (Lipinski definition) is 2. The van der Waals surface area contributed by atoms with E-state index in [1.165, 1.54) is 4.90 Å². The molecule has 2 aromatic carbocycles. The minimum absolute atomic E-state index is 0.287. The SMILES string of the molecule is O=C(Nc1cccc(C(=O)N2CCCC2C(=O)O)c1)C1Cc2ccccc2O1. The van der Waals surface area contributed by atoms with E-state index in [-0.39, 0.29) is 11.8 Å². The van der Waals surface area contributed by atoms with Crippen molar-refractivity contribution < 1.29 is 24.2 Å². The van der Waals surface area contributed by atoms with Crippen LogP contribution in [0.5, 0.6) is 5.75 Å². The lowest BCUT2D eigenvalue weighted by atomic mass is 10.1. The number of ether oxygens (including phenoxy) is 1. The Labute approximate surface area is 161 Å². The van der Waals surface area contributed by atoms with Crippen LogP contribution < -0.4 is 10.1 Å². The van der Waals surface area contributed by atoms with Crippen molar-refractivity contribution in [1.82, 2.24) is 4.90 Å². The summed E-state index contributed by atoms with van der Waals surface area (Å²) in [5, 5.41) is 12.1. The summed E-state index contributed by atoms with van der Waals surface area (Å²) in [6.07, 6.45) is 0.997. The van der Waals surface area contributed by atoms with Gasteiger partial charge in [-0.15, -0.1) is 0 Å². The summed E-state index contributed by atoms with van der Waals surface area (Å²) < 4.78 is 5.69. The van der Waals surface area contributed by atoms with Crippen LogP contribution in [-0.4, -0.2) is 46.5 Å². The van der Waals surface area contributed by atoms with Gasteiger partial charge in [0.05, 0.1) is 0 Å². The number of carboxylic acid groups (broad SMARTS) is 1. The molecule has 2 atom stereocenters. The standard InChI is InChI=1S/C21H20N2O5/c24-19(18-12-13-5-1-2-9-17(13)28-18)22-15-7-3-6-14(11-15)20(25)23-10-4-8-16(23)21(26)27/h1-3,5-7,9,11,16,18H,4,8,10,12H2,(H,22,24)(H,26,27). The lowest BCUT2D eigenvalue weighted by Gasteiger charge is -2.21. The largest absolute Gasteiger partial charge is 0.480 e. The maximum absolute atomic E-state index is 12.7. The van der Waals surface area contributed by atoms with E-state index >= 15 is 0 Å². The molecule has 4 rings (SSSR count). The highest BCUT2D eigenvalue weighted by molar-refractivity contribution is 6.00. The van der Waals surface area contributed by atoms with Crippen LogP contribution in [0.1, 0.15) is 28.8 Å². The quantitative estimate of drug-likeness (QED) is 0.849. The summed E-state index contributed by atoms with van der Waals surface area (Å²) in [6.45, 7) is 0.417. The molecule has 144 valence electrons. The second kappa shape index (κ2) is 7.34. The topological polar surface area (TPSA) is 95.9 Å². The predicted octanol–water partition coefficient (Wildman–Crippen LogP) is 2.32. The summed E-state index contributed by atoms with van der Waals surface area (Å²) in [4.78, 5) is 38.0. The molecular weight excluding hydrogens is 360 g/mol. The molecule has 1 saturated heterocycles. The second-order valence-electron chi connectivity index (χ2n) is 6.98. The molecule has 2 N–H and O–H groups in total. The molecule has 1 fully saturated rings. The van der Waals surface area contributed by atoms with E-state index in [0.717, 1.165) is 5.56 Å². The van der Waals surface area contributed by atoms with Crippen molar-refractivity contribution in [3.05, 3.63) is 59.7 Å². The van der Waals surface area contributed by atoms with Gasteiger partial charge in [0.1, 0.15) is 11.8 Å². The van der Waals surface area contributed by atoms with Crippen molar-refractivity contribution >= 4 is 23.5 Å². The zero-order chi connectivity index (χ0) is 19.7. The average Bonchev–Trinajstić information content (AvgIpc) is 3.34. The zero-order valence-corrected chi connectivity index (χ0v) is 15.1. The van der Waals surface area contributed by atoms with E-state index in [1.807, 2.05) is 24.3 Å². The Morgan fingerprint density at radius 2 is 1.93 bits per heavy atom. The van der Waals surface area contributed by atoms with E-state index in [9.17, 15) is 19.5 Å². The van der Waals surface area contributed by atoms with E-state index in [1.54, 1.807) is 24.3 Å². The molecule has 0 spiro atoms. The van der Waals surface area contributed by atoms with Crippen LogP contribution in [0.2, 0.25) is 0 Å². The normalized spacial score (nSPS) is 20.4. The highest BCUT2D eigenvalue weighted by atomic mass is 16.5. The summed E-state index contributed by atoms with van der Waals surface area (Å²) in [6, 6.07) is 13.3. The fraction of sp³-hybridized carbons (Fsp3) is 0.286. The van der Waals surface area contributed by atoms with Gasteiger partial charge in [0, 0.05) is 24.2 Å². The Hall–Kier alpha value is -3.35. The van der Waals surface area contributed by atoms with Crippen LogP contribution in [0.15, 0.2) is 48.5 Å². The van der Waals surface area contributed by atoms with Crippen LogP contribution in [0.25, 0.3) is 0 Å². The number of benzene rings is 2. The number of nitrogens with zero attached hydrogens (tertiary/aromatic N) is 1. The summed E-state index contributed by atoms with van der Waals surface area (Å²) in [5.74, 6) is -0.913. The minimum Gasteiger partial charge on any atom is -0.480 e. The van der Waals surface area contributed by atoms with E-state index in [0.29, 0.717) is 42.8 Å². The molecule has 2 aliphatic heterocycles. The van der Waals surface area contributed by atoms with Crippen molar-refractivity contribution in [2.45, 2.75) is 31.4 Å². The van der Waals surface area contributed by atoms with Crippen molar-refractivity contribution in [3.63, 3.8) is 0 Å². The lowest BCUT2D eigenvalue weighted by molar-refractivity contribution is -0.141. The van der Waals surface area contributed by atoms with Gasteiger partial charge in [0.2, 0.25) is 0 Å². The number of aliphatic carboxylic acids is 1. The van der Waals surface area contributed by atoms with E-state index in [4.69, 9.17) is 4.74 Å². The first-order valence-corrected chi connectivity index (χ1v) is 9.22. The average molecular weight is 380 g/mol. The van der Waals surface area contributed by atoms with Gasteiger partial charge in [-0.1, -0.05) is 24.3 Å². The monoisotopic (exact) mass is 380 g/mol. The maximum Gasteiger partial charge on any atom is 0.326 e. The Kier molecular flexibility index (Phi) is 4.73. The molecular formula is C21H20N2O5. The fourth-order valence-corrected chi connectivity index (χ4v) is 3.71. The fourth-order valence-electron chi connectivity index (χ4n) is 3.71. The van der Waals surface area contributed by atoms with Gasteiger partial charge < -0.3 is 20.1 Å². The lowest BCUT2D eigenvalue weighted by Crippen LogP contribution is -2.40. The van der Waals surface area contributed by atoms with Crippen LogP contribution in [0.4, 0.5) is 5.69 Å². The smallest absolute Gasteiger partial charge is 0.326 e. The second-order valence-corrected chi connectivity index (χ2v) is 6.98. The zero-order valence-electron chi connectivity index (χ0n) is 15.1. The number of carboxylic acids is 1. The third kappa shape index (κ3) is 3.43. The molecule has 2 unspecified atom stereocenters. The molecule has 7 nitrogen and oxygen atoms in total. The third-order valence-corrected chi connectivity index (χ3v) is 5.12. The molecule has 0 aromatic heterocycles. The molecule has 7 heteroatoms. The predicted molar refractivity (Wildman–Crippen MR) is 101 cm³/mol. The highest BCUT2D eigenvalue weighted by Gasteiger charge is 2.34. The van der Waals surface area contributed by atoms with Crippen LogP contribution in [0.3, 0.4) is 0 Å². The molecule has 2 aromatic rings. The maximum atomic E-state index is 12.7. The molecule has 0 radical (unpaired) electrons. The van der Waals surface area contributed by atoms with Gasteiger partial charge >= 0.3 is 5.97 Å². The number of rotatable bonds is 4. The van der Waals surface area contributed by atoms with Crippen LogP contribution in [0, 0.1) is 0 Å². The number of carbonyl (C=O) groups is 3. The van der Waals surface area contributed by atoms with Gasteiger partial charge in [0.25, 0.3) is 11.8 Å². The molecule has 2 aliphatic rings. The first kappa shape index (κ1) is 18.0. The van der Waals surface area contributed by atoms with Gasteiger partial charge in [-0.05, 0) is 42.7 Å². The van der Waals surface area contributed by atoms with Gasteiger partial charge in [-0.25, -0.2) is 4.79 Å². The number of fused-ring (bicyclic) bond motifs is 1. The summed E-state index contributed by atoms with van der Waals surface area (Å²) in [5.41, 5.74) is 1.81. The van der Waals surface area contributed by atoms with Gasteiger partial charge in [0.15, 0.2) is 6.10 Å². The first-order chi connectivity index (χ1) is 13.5. The van der Waals surface area contributed by atoms with Crippen molar-refractivity contribution in [3.8, 4) is 5.75 Å². The first-order valence-electron chi connectivity index (χ1n) is 9.22. The van der Waals surface area contributed by atoms with Crippen molar-refractivity contribution in [2.24, 2.45) is 0 Å². The minimum atomic E-state index is -0.992. The van der Waals surface area contributed by atoms with Crippen molar-refractivity contribution in [2.75, 3.05) is 11.9 Å². The van der Waals surface area contributed by atoms with E-state index in [2.05, 4.69) is 5.32 Å². The number of nitrogens with one attached hydrogen (secondary N) is 1. The number of anilines is 1. The number of carbonyl (C=O) groups excluding carboxylic acids is 2. The summed E-state index contributed by atoms with van der Waals surface area (Å²) in [7, 11) is 0. The molecule has 28 heavy (non-hydrogen) atoms. The molecule has 0 aliphatic carbocycles. The van der Waals surface area contributed by atoms with E-state index < -0.39 is 18.1 Å². The highest BCUT2D eigenvalue weighted by Crippen LogP contribution is 2.29. The molecule has 2 amide bonds. The number of hydrogen-bond acceptors (Lipinski definition) is 4. The van der Waals surface area contributed by atoms with Crippen molar-refractivity contribution in [1.29, 1.82) is 0 Å². The van der Waals surface area contributed by atoms with Gasteiger partial charge in [-0.3, -0.25) is 9.59 Å². The Bertz CT molecular complexity index is 917. The Balaban J connectivity index is 1.45. The number of likely N-dealkylation sites (tertiary alicyclic amines) is 1. The third-order valence-electron chi connectivity index (χ3n) is 5.12. The summed E-state index contributed by atoms with van der Waals surface area (Å²) >= 11 is 0. The van der Waals surface area contributed by atoms with Crippen LogP contribution in [-0.2, 0) is 16.0 Å². The number of para-hydroxylation sites is 1.